The van der Waals surface area contributed by atoms with E-state index in [-0.39, 0.29) is 4.90 Å². The third kappa shape index (κ3) is 4.40. The van der Waals surface area contributed by atoms with Gasteiger partial charge in [0.25, 0.3) is 10.1 Å². The van der Waals surface area contributed by atoms with Crippen molar-refractivity contribution in [2.75, 3.05) is 6.61 Å². The van der Waals surface area contributed by atoms with Crippen LogP contribution in [0.3, 0.4) is 0 Å². The van der Waals surface area contributed by atoms with Crippen molar-refractivity contribution in [3.05, 3.63) is 60.2 Å². The molecule has 1 atom stereocenters. The molecule has 0 spiro atoms. The Morgan fingerprint density at radius 2 is 1.46 bits per heavy atom. The van der Waals surface area contributed by atoms with Crippen molar-refractivity contribution in [3.63, 3.8) is 0 Å². The topological polar surface area (TPSA) is 97.7 Å². The van der Waals surface area contributed by atoms with E-state index in [1.807, 2.05) is 0 Å². The lowest BCUT2D eigenvalue weighted by Gasteiger charge is -2.31. The SMILES string of the molecule is Cc1ccc(S(=O)(=O)OCCC(C)(O)C(F)(F)S(=O)(=O)c2ccccc2)cc1. The molecule has 6 nitrogen and oxygen atoms in total. The van der Waals surface area contributed by atoms with Gasteiger partial charge in [0.05, 0.1) is 16.4 Å². The highest BCUT2D eigenvalue weighted by Gasteiger charge is 2.59. The van der Waals surface area contributed by atoms with E-state index in [2.05, 4.69) is 4.18 Å². The number of halogens is 2. The third-order valence-corrected chi connectivity index (χ3v) is 7.49. The lowest BCUT2D eigenvalue weighted by Crippen LogP contribution is -2.51. The molecule has 10 heteroatoms. The number of hydrogen-bond donors (Lipinski definition) is 1. The lowest BCUT2D eigenvalue weighted by molar-refractivity contribution is -0.122. The van der Waals surface area contributed by atoms with Gasteiger partial charge in [-0.25, -0.2) is 8.42 Å². The molecular weight excluding hydrogens is 414 g/mol. The van der Waals surface area contributed by atoms with Gasteiger partial charge >= 0.3 is 5.25 Å². The summed E-state index contributed by atoms with van der Waals surface area (Å²) in [6.45, 7) is 1.54. The Balaban J connectivity index is 2.15. The smallest absolute Gasteiger partial charge is 0.377 e. The average molecular weight is 434 g/mol. The molecule has 0 radical (unpaired) electrons. The molecule has 2 aromatic carbocycles. The summed E-state index contributed by atoms with van der Waals surface area (Å²) in [6, 6.07) is 11.6. The number of sulfone groups is 1. The zero-order valence-corrected chi connectivity index (χ0v) is 16.8. The van der Waals surface area contributed by atoms with Crippen molar-refractivity contribution in [1.29, 1.82) is 0 Å². The normalized spacial score (nSPS) is 15.2. The largest absolute Gasteiger partial charge is 0.383 e. The Hall–Kier alpha value is -1.88. The molecule has 0 amide bonds. The van der Waals surface area contributed by atoms with E-state index in [1.165, 1.54) is 42.5 Å². The van der Waals surface area contributed by atoms with Crippen LogP contribution in [0.2, 0.25) is 0 Å². The maximum absolute atomic E-state index is 14.6. The molecule has 0 bridgehead atoms. The van der Waals surface area contributed by atoms with Gasteiger partial charge in [-0.1, -0.05) is 35.9 Å². The van der Waals surface area contributed by atoms with Crippen LogP contribution >= 0.6 is 0 Å². The molecule has 0 heterocycles. The maximum Gasteiger partial charge on any atom is 0.377 e. The molecule has 154 valence electrons. The molecule has 0 fully saturated rings. The number of hydrogen-bond acceptors (Lipinski definition) is 6. The van der Waals surface area contributed by atoms with E-state index in [9.17, 15) is 30.7 Å². The summed E-state index contributed by atoms with van der Waals surface area (Å²) in [7, 11) is -9.45. The third-order valence-electron chi connectivity index (χ3n) is 4.16. The minimum absolute atomic E-state index is 0.179. The summed E-state index contributed by atoms with van der Waals surface area (Å²) in [5.41, 5.74) is -2.25. The van der Waals surface area contributed by atoms with E-state index in [4.69, 9.17) is 0 Å². The number of benzene rings is 2. The Morgan fingerprint density at radius 1 is 0.929 bits per heavy atom. The summed E-state index contributed by atoms with van der Waals surface area (Å²) < 4.78 is 82.6. The maximum atomic E-state index is 14.6. The average Bonchev–Trinajstić information content (AvgIpc) is 2.62. The molecular formula is C18H20F2O6S2. The van der Waals surface area contributed by atoms with Gasteiger partial charge in [-0.15, -0.1) is 0 Å². The summed E-state index contributed by atoms with van der Waals surface area (Å²) in [4.78, 5) is -0.838. The standard InChI is InChI=1S/C18H20F2O6S2/c1-14-8-10-16(11-9-14)28(24,25)26-13-12-17(2,21)18(19,20)27(22,23)15-6-4-3-5-7-15/h3-11,21H,12-13H2,1-2H3. The van der Waals surface area contributed by atoms with Crippen molar-refractivity contribution in [2.24, 2.45) is 0 Å². The van der Waals surface area contributed by atoms with Crippen LogP contribution in [0.1, 0.15) is 18.9 Å². The van der Waals surface area contributed by atoms with E-state index in [0.29, 0.717) is 6.92 Å². The van der Waals surface area contributed by atoms with Crippen molar-refractivity contribution in [2.45, 2.75) is 40.9 Å². The second kappa shape index (κ2) is 7.86. The minimum atomic E-state index is -5.21. The van der Waals surface area contributed by atoms with Crippen LogP contribution in [0.5, 0.6) is 0 Å². The van der Waals surface area contributed by atoms with E-state index in [0.717, 1.165) is 17.7 Å². The van der Waals surface area contributed by atoms with E-state index in [1.54, 1.807) is 6.92 Å². The highest BCUT2D eigenvalue weighted by Crippen LogP contribution is 2.40. The van der Waals surface area contributed by atoms with Gasteiger partial charge in [-0.3, -0.25) is 4.18 Å². The van der Waals surface area contributed by atoms with Crippen LogP contribution < -0.4 is 0 Å². The van der Waals surface area contributed by atoms with Gasteiger partial charge in [0, 0.05) is 6.42 Å². The van der Waals surface area contributed by atoms with Gasteiger partial charge in [-0.2, -0.15) is 17.2 Å². The molecule has 0 aliphatic carbocycles. The molecule has 28 heavy (non-hydrogen) atoms. The number of alkyl halides is 2. The first-order chi connectivity index (χ1) is 12.8. The summed E-state index contributed by atoms with van der Waals surface area (Å²) in [6.07, 6.45) is -0.933. The molecule has 1 unspecified atom stereocenters. The van der Waals surface area contributed by atoms with Gasteiger partial charge in [0.15, 0.2) is 0 Å². The van der Waals surface area contributed by atoms with Gasteiger partial charge < -0.3 is 5.11 Å². The summed E-state index contributed by atoms with van der Waals surface area (Å²) in [5, 5.41) is 5.57. The Morgan fingerprint density at radius 3 is 2.00 bits per heavy atom. The van der Waals surface area contributed by atoms with Crippen molar-refractivity contribution in [1.82, 2.24) is 0 Å². The zero-order valence-electron chi connectivity index (χ0n) is 15.2. The monoisotopic (exact) mass is 434 g/mol. The summed E-state index contributed by atoms with van der Waals surface area (Å²) >= 11 is 0. The zero-order chi connectivity index (χ0) is 21.2. The van der Waals surface area contributed by atoms with Crippen LogP contribution in [0.4, 0.5) is 8.78 Å². The van der Waals surface area contributed by atoms with Crippen LogP contribution in [0.25, 0.3) is 0 Å². The summed E-state index contributed by atoms with van der Waals surface area (Å²) in [5.74, 6) is 0. The van der Waals surface area contributed by atoms with Crippen molar-refractivity contribution >= 4 is 20.0 Å². The molecule has 0 aromatic heterocycles. The number of aliphatic hydroxyl groups is 1. The van der Waals surface area contributed by atoms with Gasteiger partial charge in [0.1, 0.15) is 5.60 Å². The fourth-order valence-corrected chi connectivity index (χ4v) is 4.71. The predicted molar refractivity (Wildman–Crippen MR) is 98.1 cm³/mol. The molecule has 2 rings (SSSR count). The number of rotatable bonds is 8. The highest BCUT2D eigenvalue weighted by atomic mass is 32.2. The Bertz CT molecular complexity index is 1020. The number of aryl methyl sites for hydroxylation is 1. The molecule has 2 aromatic rings. The fraction of sp³-hybridized carbons (Fsp3) is 0.333. The Kier molecular flexibility index (Phi) is 6.29. The quantitative estimate of drug-likeness (QED) is 0.642. The fourth-order valence-electron chi connectivity index (χ4n) is 2.31. The van der Waals surface area contributed by atoms with Crippen LogP contribution in [0, 0.1) is 6.92 Å². The molecule has 1 N–H and O–H groups in total. The molecule has 0 saturated carbocycles. The van der Waals surface area contributed by atoms with Crippen LogP contribution in [-0.4, -0.2) is 39.4 Å². The highest BCUT2D eigenvalue weighted by molar-refractivity contribution is 7.92. The van der Waals surface area contributed by atoms with E-state index >= 15 is 0 Å². The molecule has 0 aliphatic rings. The van der Waals surface area contributed by atoms with Gasteiger partial charge in [0.2, 0.25) is 9.84 Å². The molecule has 0 saturated heterocycles. The van der Waals surface area contributed by atoms with Gasteiger partial charge in [-0.05, 0) is 38.1 Å². The molecule has 0 aliphatic heterocycles. The first-order valence-electron chi connectivity index (χ1n) is 8.17. The minimum Gasteiger partial charge on any atom is -0.383 e. The van der Waals surface area contributed by atoms with Crippen LogP contribution in [-0.2, 0) is 24.1 Å². The first kappa shape index (κ1) is 22.4. The van der Waals surface area contributed by atoms with Crippen LogP contribution in [0.15, 0.2) is 64.4 Å². The lowest BCUT2D eigenvalue weighted by atomic mass is 10.0. The van der Waals surface area contributed by atoms with Crippen molar-refractivity contribution < 1.29 is 34.9 Å². The Labute approximate surface area is 162 Å². The van der Waals surface area contributed by atoms with Crippen molar-refractivity contribution in [3.8, 4) is 0 Å². The predicted octanol–water partition coefficient (Wildman–Crippen LogP) is 2.91. The first-order valence-corrected chi connectivity index (χ1v) is 11.1. The second-order valence-corrected chi connectivity index (χ2v) is 10.1. The second-order valence-electron chi connectivity index (χ2n) is 6.45. The van der Waals surface area contributed by atoms with E-state index < -0.39 is 48.7 Å².